The van der Waals surface area contributed by atoms with Crippen molar-refractivity contribution >= 4 is 7.80 Å². The molecule has 1 fully saturated rings. The van der Waals surface area contributed by atoms with Gasteiger partial charge in [-0.2, -0.15) is 0 Å². The highest BCUT2D eigenvalue weighted by Crippen LogP contribution is 2.22. The van der Waals surface area contributed by atoms with Gasteiger partial charge in [0.1, 0.15) is 27.3 Å². The maximum atomic E-state index is 10.4. The molecular formula is C3H8O4P. The van der Waals surface area contributed by atoms with Gasteiger partial charge < -0.3 is 14.9 Å². The van der Waals surface area contributed by atoms with Gasteiger partial charge in [-0.25, -0.2) is 0 Å². The van der Waals surface area contributed by atoms with Crippen molar-refractivity contribution in [3.63, 3.8) is 0 Å². The fourth-order valence-electron chi connectivity index (χ4n) is 0.374. The highest BCUT2D eigenvalue weighted by Gasteiger charge is 2.05. The molecule has 1 aliphatic heterocycles. The molecule has 0 aromatic rings. The minimum Gasteiger partial charge on any atom is -0.412 e. The Bertz CT molecular complexity index is 75.4. The molecule has 0 bridgehead atoms. The number of ether oxygens (including phenoxy) is 2. The summed E-state index contributed by atoms with van der Waals surface area (Å²) in [5.41, 5.74) is 0. The molecule has 0 aromatic heterocycles. The van der Waals surface area contributed by atoms with Crippen molar-refractivity contribution in [2.45, 2.75) is 0 Å². The van der Waals surface area contributed by atoms with Crippen molar-refractivity contribution in [3.8, 4) is 0 Å². The molecule has 0 aliphatic carbocycles. The molecule has 1 rings (SSSR count). The fourth-order valence-corrected chi connectivity index (χ4v) is 1.01. The Kier molecular flexibility index (Phi) is 3.91. The average Bonchev–Trinajstić information content (AvgIpc) is 1.69. The normalized spacial score (nSPS) is 19.8. The van der Waals surface area contributed by atoms with Crippen molar-refractivity contribution in [2.24, 2.45) is 0 Å². The summed E-state index contributed by atoms with van der Waals surface area (Å²) in [6.45, 7) is 0.307. The van der Waals surface area contributed by atoms with Gasteiger partial charge in [0.15, 0.2) is 0 Å². The summed E-state index contributed by atoms with van der Waals surface area (Å²) in [5, 5.41) is 0. The van der Waals surface area contributed by atoms with Crippen LogP contribution in [0, 0.1) is 0 Å². The third-order valence-electron chi connectivity index (χ3n) is 0.637. The fraction of sp³-hybridized carbons (Fsp3) is 1.00. The van der Waals surface area contributed by atoms with Gasteiger partial charge in [0.25, 0.3) is 0 Å². The Morgan fingerprint density at radius 3 is 2.00 bits per heavy atom. The first-order chi connectivity index (χ1) is 3.39. The molecule has 4 nitrogen and oxygen atoms in total. The van der Waals surface area contributed by atoms with Gasteiger partial charge in [0.2, 0.25) is 0 Å². The first kappa shape index (κ1) is 7.98. The largest absolute Gasteiger partial charge is 0.412 e. The SMILES string of the molecule is O.O=[P]1COCOC1. The zero-order valence-electron chi connectivity index (χ0n) is 4.29. The molecule has 8 heavy (non-hydrogen) atoms. The van der Waals surface area contributed by atoms with E-state index >= 15 is 0 Å². The van der Waals surface area contributed by atoms with Crippen LogP contribution < -0.4 is 0 Å². The molecule has 0 saturated carbocycles. The maximum Gasteiger partial charge on any atom is 0.148 e. The van der Waals surface area contributed by atoms with Crippen molar-refractivity contribution in [2.75, 3.05) is 19.5 Å². The first-order valence-electron chi connectivity index (χ1n) is 1.97. The van der Waals surface area contributed by atoms with Gasteiger partial charge in [0.05, 0.1) is 0 Å². The summed E-state index contributed by atoms with van der Waals surface area (Å²) in [6, 6.07) is 0. The van der Waals surface area contributed by atoms with E-state index < -0.39 is 7.80 Å². The van der Waals surface area contributed by atoms with Gasteiger partial charge in [-0.3, -0.25) is 4.57 Å². The van der Waals surface area contributed by atoms with Crippen LogP contribution in [0.3, 0.4) is 0 Å². The molecular weight excluding hydrogens is 131 g/mol. The van der Waals surface area contributed by atoms with E-state index in [1.54, 1.807) is 0 Å². The van der Waals surface area contributed by atoms with Gasteiger partial charge >= 0.3 is 0 Å². The molecule has 5 heteroatoms. The van der Waals surface area contributed by atoms with Gasteiger partial charge in [-0.1, -0.05) is 0 Å². The molecule has 1 radical (unpaired) electrons. The summed E-state index contributed by atoms with van der Waals surface area (Å²) >= 11 is 0. The van der Waals surface area contributed by atoms with Crippen LogP contribution in [0.5, 0.6) is 0 Å². The maximum absolute atomic E-state index is 10.4. The summed E-state index contributed by atoms with van der Waals surface area (Å²) in [6.07, 6.45) is 0.741. The van der Waals surface area contributed by atoms with E-state index in [1.807, 2.05) is 0 Å². The smallest absolute Gasteiger partial charge is 0.148 e. The molecule has 0 amide bonds. The molecule has 49 valence electrons. The van der Waals surface area contributed by atoms with Gasteiger partial charge in [0, 0.05) is 0 Å². The minimum atomic E-state index is -1.19. The molecule has 1 saturated heterocycles. The standard InChI is InChI=1S/C3H6O3P.H2O/c4-7-2-5-1-6-3-7;/h1-3H2;1H2. The zero-order valence-corrected chi connectivity index (χ0v) is 5.19. The molecule has 0 atom stereocenters. The third-order valence-corrected chi connectivity index (χ3v) is 1.58. The Balaban J connectivity index is 0.000000490. The Labute approximate surface area is 47.9 Å². The van der Waals surface area contributed by atoms with Crippen LogP contribution in [0.1, 0.15) is 0 Å². The minimum absolute atomic E-state index is 0. The quantitative estimate of drug-likeness (QED) is 0.440. The van der Waals surface area contributed by atoms with Crippen molar-refractivity contribution in [1.29, 1.82) is 0 Å². The Morgan fingerprint density at radius 1 is 1.25 bits per heavy atom. The highest BCUT2D eigenvalue weighted by molar-refractivity contribution is 7.44. The lowest BCUT2D eigenvalue weighted by atomic mass is 11.3. The molecule has 0 unspecified atom stereocenters. The van der Waals surface area contributed by atoms with Crippen LogP contribution in [-0.2, 0) is 14.0 Å². The Morgan fingerprint density at radius 2 is 1.75 bits per heavy atom. The molecule has 1 aliphatic rings. The highest BCUT2D eigenvalue weighted by atomic mass is 31.1. The van der Waals surface area contributed by atoms with E-state index in [9.17, 15) is 4.57 Å². The second-order valence-corrected chi connectivity index (χ2v) is 2.75. The Hall–Kier alpha value is -0.0200. The van der Waals surface area contributed by atoms with Crippen LogP contribution in [0.4, 0.5) is 0 Å². The molecule has 0 spiro atoms. The topological polar surface area (TPSA) is 67.0 Å². The van der Waals surface area contributed by atoms with Crippen molar-refractivity contribution < 1.29 is 19.5 Å². The number of rotatable bonds is 0. The second kappa shape index (κ2) is 3.92. The summed E-state index contributed by atoms with van der Waals surface area (Å²) < 4.78 is 19.7. The predicted octanol–water partition coefficient (Wildman–Crippen LogP) is -0.0916. The van der Waals surface area contributed by atoms with Crippen LogP contribution in [0.15, 0.2) is 0 Å². The summed E-state index contributed by atoms with van der Waals surface area (Å²) in [7, 11) is -1.19. The van der Waals surface area contributed by atoms with Crippen LogP contribution in [0.25, 0.3) is 0 Å². The lowest BCUT2D eigenvalue weighted by Crippen LogP contribution is -2.06. The van der Waals surface area contributed by atoms with Crippen LogP contribution >= 0.6 is 7.80 Å². The van der Waals surface area contributed by atoms with E-state index in [-0.39, 0.29) is 5.48 Å². The van der Waals surface area contributed by atoms with E-state index in [0.29, 0.717) is 19.5 Å². The van der Waals surface area contributed by atoms with E-state index in [1.165, 1.54) is 0 Å². The van der Waals surface area contributed by atoms with Crippen molar-refractivity contribution in [1.82, 2.24) is 0 Å². The average molecular weight is 139 g/mol. The summed E-state index contributed by atoms with van der Waals surface area (Å²) in [5.74, 6) is 0. The molecule has 0 aromatic carbocycles. The zero-order chi connectivity index (χ0) is 5.11. The lowest BCUT2D eigenvalue weighted by molar-refractivity contribution is -0.0360. The van der Waals surface area contributed by atoms with Crippen LogP contribution in [-0.4, -0.2) is 25.0 Å². The van der Waals surface area contributed by atoms with Crippen LogP contribution in [0.2, 0.25) is 0 Å². The lowest BCUT2D eigenvalue weighted by Gasteiger charge is -2.09. The third kappa shape index (κ3) is 2.33. The van der Waals surface area contributed by atoms with Gasteiger partial charge in [-0.05, 0) is 0 Å². The van der Waals surface area contributed by atoms with E-state index in [4.69, 9.17) is 0 Å². The van der Waals surface area contributed by atoms with Crippen molar-refractivity contribution in [3.05, 3.63) is 0 Å². The predicted molar refractivity (Wildman–Crippen MR) is 28.0 cm³/mol. The molecule has 2 N–H and O–H groups in total. The van der Waals surface area contributed by atoms with E-state index in [2.05, 4.69) is 9.47 Å². The van der Waals surface area contributed by atoms with Gasteiger partial charge in [-0.15, -0.1) is 0 Å². The number of hydrogen-bond donors (Lipinski definition) is 0. The summed E-state index contributed by atoms with van der Waals surface area (Å²) in [4.78, 5) is 0. The molecule has 1 heterocycles. The first-order valence-corrected chi connectivity index (χ1v) is 3.60. The monoisotopic (exact) mass is 139 g/mol. The number of hydrogen-bond acceptors (Lipinski definition) is 3. The van der Waals surface area contributed by atoms with E-state index in [0.717, 1.165) is 0 Å². The second-order valence-electron chi connectivity index (χ2n) is 1.27.